The number of carbonyl (C=O) groups is 2. The summed E-state index contributed by atoms with van der Waals surface area (Å²) >= 11 is 1.39. The first-order valence-electron chi connectivity index (χ1n) is 11.5. The highest BCUT2D eigenvalue weighted by Gasteiger charge is 2.48. The maximum atomic E-state index is 13.5. The maximum absolute atomic E-state index is 13.5. The van der Waals surface area contributed by atoms with Crippen LogP contribution in [0.2, 0.25) is 0 Å². The number of hydrogen-bond acceptors (Lipinski definition) is 7. The second-order valence-electron chi connectivity index (χ2n) is 8.50. The van der Waals surface area contributed by atoms with Crippen molar-refractivity contribution in [1.29, 1.82) is 0 Å². The van der Waals surface area contributed by atoms with E-state index in [1.54, 1.807) is 18.2 Å². The van der Waals surface area contributed by atoms with Crippen LogP contribution in [0.1, 0.15) is 16.5 Å². The molecule has 1 amide bonds. The van der Waals surface area contributed by atoms with Gasteiger partial charge >= 0.3 is 5.91 Å². The third-order valence-corrected chi connectivity index (χ3v) is 7.43. The molecule has 0 aliphatic carbocycles. The number of aliphatic hydroxyl groups excluding tert-OH is 1. The van der Waals surface area contributed by atoms with Gasteiger partial charge in [-0.2, -0.15) is 0 Å². The van der Waals surface area contributed by atoms with Crippen LogP contribution in [0.4, 0.5) is 5.95 Å². The highest BCUT2D eigenvalue weighted by Crippen LogP contribution is 2.44. The molecular weight excluding hydrogens is 490 g/mol. The summed E-state index contributed by atoms with van der Waals surface area (Å²) in [5.41, 5.74) is 1.64. The number of nitrogens with one attached hydrogen (secondary N) is 1. The molecule has 9 heteroatoms. The van der Waals surface area contributed by atoms with Gasteiger partial charge in [0.1, 0.15) is 11.8 Å². The number of amides is 1. The van der Waals surface area contributed by atoms with Crippen LogP contribution < -0.4 is 14.4 Å². The highest BCUT2D eigenvalue weighted by atomic mass is 32.1. The van der Waals surface area contributed by atoms with Crippen molar-refractivity contribution in [2.45, 2.75) is 6.04 Å². The van der Waals surface area contributed by atoms with Crippen molar-refractivity contribution in [3.05, 3.63) is 88.1 Å². The van der Waals surface area contributed by atoms with Gasteiger partial charge in [-0.1, -0.05) is 48.5 Å². The lowest BCUT2D eigenvalue weighted by molar-refractivity contribution is -0.132. The standard InChI is InChI=1S/C28H21N3O5S/c1-35-20-13-18-19(14-21(20)36-2)30-28(29-18)31-24(22-11-6-12-37-22)23(26(33)27(31)34)25(32)17-10-5-8-15-7-3-4-9-16(15)17/h3-14,24,32H,1-2H3,(H,29,30)/b25-23+. The molecule has 1 saturated heterocycles. The predicted molar refractivity (Wildman–Crippen MR) is 142 cm³/mol. The summed E-state index contributed by atoms with van der Waals surface area (Å²) in [7, 11) is 3.06. The third kappa shape index (κ3) is 3.54. The molecule has 0 saturated carbocycles. The van der Waals surface area contributed by atoms with Gasteiger partial charge in [0, 0.05) is 22.6 Å². The van der Waals surface area contributed by atoms with Gasteiger partial charge in [0.05, 0.1) is 30.8 Å². The molecule has 2 aromatic heterocycles. The molecule has 3 heterocycles. The monoisotopic (exact) mass is 511 g/mol. The Bertz CT molecular complexity index is 1670. The van der Waals surface area contributed by atoms with Crippen molar-refractivity contribution in [1.82, 2.24) is 9.97 Å². The molecule has 1 unspecified atom stereocenters. The maximum Gasteiger partial charge on any atom is 0.302 e. The van der Waals surface area contributed by atoms with Gasteiger partial charge in [0.15, 0.2) is 11.5 Å². The summed E-state index contributed by atoms with van der Waals surface area (Å²) < 4.78 is 10.8. The molecule has 1 fully saturated rings. The number of Topliss-reactive ketones (excluding diaryl/α,β-unsaturated/α-hetero) is 1. The average molecular weight is 512 g/mol. The zero-order valence-corrected chi connectivity index (χ0v) is 20.7. The number of thiophene rings is 1. The summed E-state index contributed by atoms with van der Waals surface area (Å²) in [6, 6.07) is 19.3. The SMILES string of the molecule is COc1cc2nc(N3C(=O)C(=O)/C(=C(/O)c4cccc5ccccc45)C3c3cccs3)[nH]c2cc1OC. The van der Waals surface area contributed by atoms with Gasteiger partial charge in [0.25, 0.3) is 5.78 Å². The summed E-state index contributed by atoms with van der Waals surface area (Å²) in [6.45, 7) is 0. The zero-order chi connectivity index (χ0) is 25.7. The number of imidazole rings is 1. The van der Waals surface area contributed by atoms with E-state index >= 15 is 0 Å². The van der Waals surface area contributed by atoms with Crippen LogP contribution >= 0.6 is 11.3 Å². The number of nitrogens with zero attached hydrogens (tertiary/aromatic N) is 2. The summed E-state index contributed by atoms with van der Waals surface area (Å²) in [6.07, 6.45) is 0. The molecule has 1 aliphatic heterocycles. The number of ketones is 1. The lowest BCUT2D eigenvalue weighted by atomic mass is 9.96. The van der Waals surface area contributed by atoms with Gasteiger partial charge < -0.3 is 19.6 Å². The van der Waals surface area contributed by atoms with Crippen molar-refractivity contribution in [2.24, 2.45) is 0 Å². The number of hydrogen-bond donors (Lipinski definition) is 2. The first kappa shape index (κ1) is 22.8. The zero-order valence-electron chi connectivity index (χ0n) is 19.9. The predicted octanol–water partition coefficient (Wildman–Crippen LogP) is 5.42. The second kappa shape index (κ2) is 8.79. The van der Waals surface area contributed by atoms with Gasteiger partial charge in [-0.25, -0.2) is 4.98 Å². The Labute approximate surface area is 215 Å². The van der Waals surface area contributed by atoms with E-state index in [2.05, 4.69) is 9.97 Å². The van der Waals surface area contributed by atoms with E-state index in [9.17, 15) is 14.7 Å². The Balaban J connectivity index is 1.56. The first-order valence-corrected chi connectivity index (χ1v) is 12.3. The van der Waals surface area contributed by atoms with Crippen molar-refractivity contribution < 1.29 is 24.2 Å². The lowest BCUT2D eigenvalue weighted by Crippen LogP contribution is -2.30. The number of fused-ring (bicyclic) bond motifs is 2. The molecule has 37 heavy (non-hydrogen) atoms. The molecular formula is C28H21N3O5S. The molecule has 6 rings (SSSR count). The van der Waals surface area contributed by atoms with Crippen LogP contribution in [0.3, 0.4) is 0 Å². The minimum Gasteiger partial charge on any atom is -0.507 e. The van der Waals surface area contributed by atoms with Gasteiger partial charge in [0.2, 0.25) is 5.95 Å². The molecule has 5 aromatic rings. The Hall–Kier alpha value is -4.63. The molecule has 2 N–H and O–H groups in total. The number of benzene rings is 3. The van der Waals surface area contributed by atoms with Crippen LogP contribution in [-0.4, -0.2) is 41.0 Å². The number of H-pyrrole nitrogens is 1. The van der Waals surface area contributed by atoms with E-state index in [4.69, 9.17) is 9.47 Å². The third-order valence-electron chi connectivity index (χ3n) is 6.50. The van der Waals surface area contributed by atoms with Crippen LogP contribution in [0.5, 0.6) is 11.5 Å². The minimum absolute atomic E-state index is 0.0134. The van der Waals surface area contributed by atoms with Crippen LogP contribution in [-0.2, 0) is 9.59 Å². The lowest BCUT2D eigenvalue weighted by Gasteiger charge is -2.21. The van der Waals surface area contributed by atoms with E-state index in [1.807, 2.05) is 53.9 Å². The number of aliphatic hydroxyl groups is 1. The quantitative estimate of drug-likeness (QED) is 0.185. The van der Waals surface area contributed by atoms with Gasteiger partial charge in [-0.3, -0.25) is 14.5 Å². The van der Waals surface area contributed by atoms with Crippen molar-refractivity contribution in [2.75, 3.05) is 19.1 Å². The van der Waals surface area contributed by atoms with E-state index in [-0.39, 0.29) is 17.3 Å². The fourth-order valence-electron chi connectivity index (χ4n) is 4.78. The molecule has 1 aliphatic rings. The van der Waals surface area contributed by atoms with Gasteiger partial charge in [-0.05, 0) is 22.2 Å². The van der Waals surface area contributed by atoms with E-state index in [0.717, 1.165) is 15.6 Å². The fraction of sp³-hybridized carbons (Fsp3) is 0.107. The van der Waals surface area contributed by atoms with Crippen LogP contribution in [0.25, 0.3) is 27.6 Å². The number of methoxy groups -OCH3 is 2. The normalized spacial score (nSPS) is 17.1. The first-order chi connectivity index (χ1) is 18.0. The fourth-order valence-corrected chi connectivity index (χ4v) is 5.61. The summed E-state index contributed by atoms with van der Waals surface area (Å²) in [5, 5.41) is 15.1. The Morgan fingerprint density at radius 2 is 1.76 bits per heavy atom. The minimum atomic E-state index is -0.858. The molecule has 0 spiro atoms. The van der Waals surface area contributed by atoms with Gasteiger partial charge in [-0.15, -0.1) is 11.3 Å². The molecule has 1 atom stereocenters. The topological polar surface area (TPSA) is 105 Å². The Morgan fingerprint density at radius 3 is 2.51 bits per heavy atom. The number of anilines is 1. The second-order valence-corrected chi connectivity index (χ2v) is 9.48. The number of aromatic nitrogens is 2. The average Bonchev–Trinajstić information content (AvgIpc) is 3.65. The smallest absolute Gasteiger partial charge is 0.302 e. The number of rotatable bonds is 5. The number of aromatic amines is 1. The number of carbonyl (C=O) groups excluding carboxylic acids is 2. The van der Waals surface area contributed by atoms with Crippen molar-refractivity contribution >= 4 is 56.5 Å². The van der Waals surface area contributed by atoms with E-state index < -0.39 is 17.7 Å². The van der Waals surface area contributed by atoms with E-state index in [0.29, 0.717) is 28.1 Å². The summed E-state index contributed by atoms with van der Waals surface area (Å²) in [5.74, 6) is -0.616. The molecule has 0 radical (unpaired) electrons. The Kier molecular flexibility index (Phi) is 5.42. The van der Waals surface area contributed by atoms with Crippen LogP contribution in [0, 0.1) is 0 Å². The van der Waals surface area contributed by atoms with E-state index in [1.165, 1.54) is 30.5 Å². The molecule has 8 nitrogen and oxygen atoms in total. The highest BCUT2D eigenvalue weighted by molar-refractivity contribution is 7.10. The Morgan fingerprint density at radius 1 is 1.00 bits per heavy atom. The van der Waals surface area contributed by atoms with Crippen LogP contribution in [0.15, 0.2) is 77.7 Å². The molecule has 0 bridgehead atoms. The van der Waals surface area contributed by atoms with Crippen molar-refractivity contribution in [3.63, 3.8) is 0 Å². The molecule has 184 valence electrons. The summed E-state index contributed by atoms with van der Waals surface area (Å²) in [4.78, 5) is 36.7. The molecule has 3 aromatic carbocycles. The number of ether oxygens (including phenoxy) is 2. The van der Waals surface area contributed by atoms with Crippen molar-refractivity contribution in [3.8, 4) is 11.5 Å². The largest absolute Gasteiger partial charge is 0.507 e.